The van der Waals surface area contributed by atoms with Gasteiger partial charge in [-0.3, -0.25) is 19.7 Å². The molecule has 3 N–H and O–H groups in total. The number of nitrogens with one attached hydrogen (secondary N) is 3. The molecule has 138 valence electrons. The molecule has 0 aliphatic heterocycles. The summed E-state index contributed by atoms with van der Waals surface area (Å²) in [5, 5.41) is 7.48. The van der Waals surface area contributed by atoms with E-state index in [1.54, 1.807) is 5.38 Å². The van der Waals surface area contributed by atoms with Crippen LogP contribution < -0.4 is 16.2 Å². The molecule has 2 aromatic heterocycles. The molecule has 9 heteroatoms. The lowest BCUT2D eigenvalue weighted by atomic mass is 10.2. The van der Waals surface area contributed by atoms with Crippen molar-refractivity contribution in [2.24, 2.45) is 0 Å². The Bertz CT molecular complexity index is 993. The maximum absolute atomic E-state index is 12.8. The van der Waals surface area contributed by atoms with Crippen LogP contribution in [0.5, 0.6) is 0 Å². The molecular weight excluding hydrogens is 371 g/mol. The molecule has 0 bridgehead atoms. The highest BCUT2D eigenvalue weighted by molar-refractivity contribution is 7.14. The number of H-pyrrole nitrogens is 1. The molecule has 0 spiro atoms. The molecule has 3 rings (SSSR count). The summed E-state index contributed by atoms with van der Waals surface area (Å²) >= 11 is 1.24. The number of hydrogen-bond acceptors (Lipinski definition) is 5. The largest absolute Gasteiger partial charge is 0.328 e. The van der Waals surface area contributed by atoms with Gasteiger partial charge in [0.15, 0.2) is 5.13 Å². The van der Waals surface area contributed by atoms with Crippen molar-refractivity contribution in [1.29, 1.82) is 0 Å². The number of benzene rings is 1. The van der Waals surface area contributed by atoms with Crippen LogP contribution in [0.2, 0.25) is 0 Å². The molecule has 0 saturated carbocycles. The summed E-state index contributed by atoms with van der Waals surface area (Å²) in [5.41, 5.74) is 1.21. The zero-order valence-electron chi connectivity index (χ0n) is 14.0. The van der Waals surface area contributed by atoms with Gasteiger partial charge in [0.25, 0.3) is 5.91 Å². The van der Waals surface area contributed by atoms with Crippen molar-refractivity contribution in [3.63, 3.8) is 0 Å². The fraction of sp³-hybridized carbons (Fsp3) is 0.111. The summed E-state index contributed by atoms with van der Waals surface area (Å²) < 4.78 is 12.8. The number of aryl methyl sites for hydroxylation is 1. The summed E-state index contributed by atoms with van der Waals surface area (Å²) in [6.45, 7) is 0. The third-order valence-corrected chi connectivity index (χ3v) is 4.36. The Morgan fingerprint density at radius 2 is 1.89 bits per heavy atom. The van der Waals surface area contributed by atoms with Crippen LogP contribution in [0.25, 0.3) is 0 Å². The molecule has 1 aromatic carbocycles. The number of nitrogens with zero attached hydrogens (tertiary/aromatic N) is 1. The van der Waals surface area contributed by atoms with Crippen LogP contribution >= 0.6 is 11.3 Å². The Hall–Kier alpha value is -3.33. The monoisotopic (exact) mass is 386 g/mol. The zero-order chi connectivity index (χ0) is 19.2. The van der Waals surface area contributed by atoms with Crippen LogP contribution in [-0.2, 0) is 11.2 Å². The molecular formula is C18H15FN4O3S. The van der Waals surface area contributed by atoms with Crippen molar-refractivity contribution < 1.29 is 14.0 Å². The first-order valence-electron chi connectivity index (χ1n) is 7.99. The van der Waals surface area contributed by atoms with Crippen molar-refractivity contribution in [3.8, 4) is 0 Å². The summed E-state index contributed by atoms with van der Waals surface area (Å²) in [7, 11) is 0. The second-order valence-electron chi connectivity index (χ2n) is 5.59. The molecule has 0 fully saturated rings. The fourth-order valence-corrected chi connectivity index (χ4v) is 2.94. The summed E-state index contributed by atoms with van der Waals surface area (Å²) in [5.74, 6) is -0.971. The van der Waals surface area contributed by atoms with E-state index < -0.39 is 0 Å². The first kappa shape index (κ1) is 18.5. The van der Waals surface area contributed by atoms with Gasteiger partial charge in [-0.05, 0) is 36.8 Å². The highest BCUT2D eigenvalue weighted by Gasteiger charge is 2.10. The summed E-state index contributed by atoms with van der Waals surface area (Å²) in [6.07, 6.45) is 1.93. The normalized spacial score (nSPS) is 10.4. The highest BCUT2D eigenvalue weighted by atomic mass is 32.1. The van der Waals surface area contributed by atoms with Crippen molar-refractivity contribution in [1.82, 2.24) is 9.97 Å². The Morgan fingerprint density at radius 3 is 2.59 bits per heavy atom. The van der Waals surface area contributed by atoms with E-state index in [1.807, 2.05) is 0 Å². The van der Waals surface area contributed by atoms with Gasteiger partial charge in [0.1, 0.15) is 5.82 Å². The number of pyridine rings is 1. The Morgan fingerprint density at radius 1 is 1.11 bits per heavy atom. The number of amides is 2. The number of carbonyl (C=O) groups excluding carboxylic acids is 2. The van der Waals surface area contributed by atoms with E-state index in [0.717, 1.165) is 0 Å². The molecule has 0 aliphatic carbocycles. The van der Waals surface area contributed by atoms with Gasteiger partial charge in [-0.15, -0.1) is 11.3 Å². The predicted octanol–water partition coefficient (Wildman–Crippen LogP) is 2.79. The predicted molar refractivity (Wildman–Crippen MR) is 100 cm³/mol. The van der Waals surface area contributed by atoms with Gasteiger partial charge in [0.2, 0.25) is 11.5 Å². The fourth-order valence-electron chi connectivity index (χ4n) is 2.20. The second kappa shape index (κ2) is 8.37. The molecule has 3 aromatic rings. The molecule has 0 unspecified atom stereocenters. The second-order valence-corrected chi connectivity index (χ2v) is 6.45. The van der Waals surface area contributed by atoms with E-state index in [2.05, 4.69) is 20.6 Å². The molecule has 2 amide bonds. The van der Waals surface area contributed by atoms with Gasteiger partial charge in [-0.25, -0.2) is 9.37 Å². The third-order valence-electron chi connectivity index (χ3n) is 3.55. The molecule has 0 atom stereocenters. The van der Waals surface area contributed by atoms with Gasteiger partial charge in [-0.2, -0.15) is 0 Å². The lowest BCUT2D eigenvalue weighted by Gasteiger charge is -2.04. The minimum Gasteiger partial charge on any atom is -0.328 e. The number of hydrogen-bond donors (Lipinski definition) is 3. The average molecular weight is 386 g/mol. The molecule has 7 nitrogen and oxygen atoms in total. The minimum atomic E-state index is -0.388. The first-order valence-corrected chi connectivity index (χ1v) is 8.87. The van der Waals surface area contributed by atoms with E-state index in [4.69, 9.17) is 0 Å². The smallest absolute Gasteiger partial charge is 0.258 e. The van der Waals surface area contributed by atoms with E-state index in [-0.39, 0.29) is 29.6 Å². The molecule has 0 radical (unpaired) electrons. The SMILES string of the molecule is O=C(CCc1csc(NC(=O)c2ccc(=O)[nH]c2)n1)Nc1ccc(F)cc1. The van der Waals surface area contributed by atoms with Crippen LogP contribution in [0.15, 0.2) is 52.8 Å². The number of anilines is 2. The highest BCUT2D eigenvalue weighted by Crippen LogP contribution is 2.18. The lowest BCUT2D eigenvalue weighted by molar-refractivity contribution is -0.116. The van der Waals surface area contributed by atoms with Crippen molar-refractivity contribution in [2.45, 2.75) is 12.8 Å². The standard InChI is InChI=1S/C18H15FN4O3S/c19-12-2-4-13(5-3-12)21-16(25)8-6-14-10-27-18(22-14)23-17(26)11-1-7-15(24)20-9-11/h1-5,7,9-10H,6,8H2,(H,20,24)(H,21,25)(H,22,23,26). The number of aromatic nitrogens is 2. The van der Waals surface area contributed by atoms with Crippen LogP contribution in [0, 0.1) is 5.82 Å². The number of thiazole rings is 1. The Kier molecular flexibility index (Phi) is 5.72. The number of carbonyl (C=O) groups is 2. The number of halogens is 1. The van der Waals surface area contributed by atoms with Gasteiger partial charge in [-0.1, -0.05) is 0 Å². The summed E-state index contributed by atoms with van der Waals surface area (Å²) in [4.78, 5) is 41.7. The minimum absolute atomic E-state index is 0.203. The third kappa shape index (κ3) is 5.32. The maximum atomic E-state index is 12.8. The molecule has 27 heavy (non-hydrogen) atoms. The van der Waals surface area contributed by atoms with Gasteiger partial charge < -0.3 is 10.3 Å². The Balaban J connectivity index is 1.50. The van der Waals surface area contributed by atoms with E-state index >= 15 is 0 Å². The molecule has 0 saturated heterocycles. The number of aromatic amines is 1. The van der Waals surface area contributed by atoms with Gasteiger partial charge >= 0.3 is 0 Å². The van der Waals surface area contributed by atoms with Crippen LogP contribution in [0.3, 0.4) is 0 Å². The van der Waals surface area contributed by atoms with Crippen LogP contribution in [0.1, 0.15) is 22.5 Å². The lowest BCUT2D eigenvalue weighted by Crippen LogP contribution is -2.14. The van der Waals surface area contributed by atoms with Crippen molar-refractivity contribution in [3.05, 3.63) is 75.4 Å². The van der Waals surface area contributed by atoms with E-state index in [9.17, 15) is 18.8 Å². The maximum Gasteiger partial charge on any atom is 0.258 e. The first-order chi connectivity index (χ1) is 13.0. The quantitative estimate of drug-likeness (QED) is 0.606. The Labute approximate surface area is 157 Å². The van der Waals surface area contributed by atoms with Crippen molar-refractivity contribution >= 4 is 34.0 Å². The van der Waals surface area contributed by atoms with Crippen LogP contribution in [0.4, 0.5) is 15.2 Å². The number of rotatable bonds is 6. The molecule has 0 aliphatic rings. The van der Waals surface area contributed by atoms with Gasteiger partial charge in [0.05, 0.1) is 11.3 Å². The average Bonchev–Trinajstić information content (AvgIpc) is 3.10. The topological polar surface area (TPSA) is 104 Å². The van der Waals surface area contributed by atoms with E-state index in [0.29, 0.717) is 28.5 Å². The van der Waals surface area contributed by atoms with Crippen LogP contribution in [-0.4, -0.2) is 21.8 Å². The van der Waals surface area contributed by atoms with Crippen molar-refractivity contribution in [2.75, 3.05) is 10.6 Å². The van der Waals surface area contributed by atoms with Gasteiger partial charge in [0, 0.05) is 29.8 Å². The zero-order valence-corrected chi connectivity index (χ0v) is 14.8. The summed E-state index contributed by atoms with van der Waals surface area (Å²) in [6, 6.07) is 8.20. The molecule has 2 heterocycles. The van der Waals surface area contributed by atoms with E-state index in [1.165, 1.54) is 53.9 Å².